The van der Waals surface area contributed by atoms with E-state index in [1.807, 2.05) is 41.3 Å². The number of hydrogen-bond donors (Lipinski definition) is 0. The van der Waals surface area contributed by atoms with Crippen molar-refractivity contribution in [3.05, 3.63) is 95.3 Å². The number of halogens is 1. The summed E-state index contributed by atoms with van der Waals surface area (Å²) in [7, 11) is 0. The van der Waals surface area contributed by atoms with Crippen LogP contribution in [0.15, 0.2) is 78.0 Å². The molecule has 1 amide bonds. The van der Waals surface area contributed by atoms with Crippen LogP contribution in [0.25, 0.3) is 22.1 Å². The molecule has 0 fully saturated rings. The van der Waals surface area contributed by atoms with Crippen molar-refractivity contribution in [3.63, 3.8) is 0 Å². The number of nitrogens with zero attached hydrogens (tertiary/aromatic N) is 5. The van der Waals surface area contributed by atoms with Crippen LogP contribution < -0.4 is 0 Å². The molecule has 0 spiro atoms. The third kappa shape index (κ3) is 4.25. The normalized spacial score (nSPS) is 13.3. The summed E-state index contributed by atoms with van der Waals surface area (Å²) in [6.07, 6.45) is 0.875. The van der Waals surface area contributed by atoms with Crippen LogP contribution in [0.1, 0.15) is 16.7 Å². The lowest BCUT2D eigenvalue weighted by atomic mass is 10.00. The van der Waals surface area contributed by atoms with E-state index in [-0.39, 0.29) is 17.5 Å². The van der Waals surface area contributed by atoms with Gasteiger partial charge >= 0.3 is 0 Å². The van der Waals surface area contributed by atoms with Gasteiger partial charge in [-0.1, -0.05) is 66.4 Å². The molecule has 8 heteroatoms. The molecular weight excluding hydrogens is 461 g/mol. The molecule has 3 aromatic carbocycles. The molecule has 6 nitrogen and oxygen atoms in total. The van der Waals surface area contributed by atoms with Crippen molar-refractivity contribution in [2.24, 2.45) is 0 Å². The van der Waals surface area contributed by atoms with Gasteiger partial charge in [0.25, 0.3) is 0 Å². The highest BCUT2D eigenvalue weighted by Gasteiger charge is 2.21. The van der Waals surface area contributed by atoms with Gasteiger partial charge in [0, 0.05) is 25.0 Å². The van der Waals surface area contributed by atoms with Crippen LogP contribution in [0.3, 0.4) is 0 Å². The van der Waals surface area contributed by atoms with E-state index in [0.29, 0.717) is 29.4 Å². The van der Waals surface area contributed by atoms with Crippen molar-refractivity contribution in [3.8, 4) is 0 Å². The number of para-hydroxylation sites is 1. The molecule has 0 N–H and O–H groups in total. The average molecular weight is 484 g/mol. The second kappa shape index (κ2) is 9.11. The molecule has 1 aliphatic rings. The predicted molar refractivity (Wildman–Crippen MR) is 135 cm³/mol. The Bertz CT molecular complexity index is 1550. The van der Waals surface area contributed by atoms with Gasteiger partial charge in [0.05, 0.1) is 11.3 Å². The third-order valence-electron chi connectivity index (χ3n) is 6.42. The molecule has 6 rings (SSSR count). The van der Waals surface area contributed by atoms with Crippen molar-refractivity contribution < 1.29 is 9.18 Å². The van der Waals surface area contributed by atoms with Crippen LogP contribution in [0, 0.1) is 5.82 Å². The zero-order valence-electron chi connectivity index (χ0n) is 18.9. The topological polar surface area (TPSA) is 63.9 Å². The summed E-state index contributed by atoms with van der Waals surface area (Å²) in [4.78, 5) is 19.6. The molecular formula is C27H22FN5OS. The molecule has 174 valence electrons. The van der Waals surface area contributed by atoms with Gasteiger partial charge < -0.3 is 9.47 Å². The lowest BCUT2D eigenvalue weighted by Crippen LogP contribution is -2.37. The fourth-order valence-electron chi connectivity index (χ4n) is 4.61. The number of carbonyl (C=O) groups excluding carboxylic acids is 1. The van der Waals surface area contributed by atoms with Gasteiger partial charge in [0.15, 0.2) is 5.65 Å². The number of rotatable bonds is 5. The maximum absolute atomic E-state index is 13.4. The van der Waals surface area contributed by atoms with Gasteiger partial charge in [0.2, 0.25) is 11.1 Å². The van der Waals surface area contributed by atoms with Gasteiger partial charge in [-0.05, 0) is 41.3 Å². The molecule has 5 aromatic rings. The molecule has 1 aliphatic heterocycles. The van der Waals surface area contributed by atoms with E-state index in [1.54, 1.807) is 12.1 Å². The smallest absolute Gasteiger partial charge is 0.233 e. The molecule has 2 aromatic heterocycles. The highest BCUT2D eigenvalue weighted by atomic mass is 32.2. The minimum atomic E-state index is -0.263. The van der Waals surface area contributed by atoms with Crippen LogP contribution in [-0.2, 0) is 24.3 Å². The lowest BCUT2D eigenvalue weighted by molar-refractivity contribution is -0.129. The van der Waals surface area contributed by atoms with E-state index in [1.165, 1.54) is 35.0 Å². The second-order valence-electron chi connectivity index (χ2n) is 8.62. The largest absolute Gasteiger partial charge is 0.337 e. The Morgan fingerprint density at radius 3 is 2.57 bits per heavy atom. The first-order valence-electron chi connectivity index (χ1n) is 11.5. The number of amides is 1. The van der Waals surface area contributed by atoms with Crippen LogP contribution in [0.5, 0.6) is 0 Å². The van der Waals surface area contributed by atoms with E-state index < -0.39 is 0 Å². The van der Waals surface area contributed by atoms with Crippen LogP contribution in [0.2, 0.25) is 0 Å². The SMILES string of the molecule is O=C(CSc1nnc2c3ccccc3n(Cc3ccc(F)cc3)c2n1)N1CCc2ccccc2C1. The Morgan fingerprint density at radius 2 is 1.71 bits per heavy atom. The van der Waals surface area contributed by atoms with Gasteiger partial charge in [-0.3, -0.25) is 4.79 Å². The van der Waals surface area contributed by atoms with Gasteiger partial charge in [-0.15, -0.1) is 10.2 Å². The summed E-state index contributed by atoms with van der Waals surface area (Å²) in [6.45, 7) is 1.89. The first-order valence-corrected chi connectivity index (χ1v) is 12.5. The van der Waals surface area contributed by atoms with Gasteiger partial charge in [-0.25, -0.2) is 9.37 Å². The van der Waals surface area contributed by atoms with Crippen molar-refractivity contribution >= 4 is 39.7 Å². The third-order valence-corrected chi connectivity index (χ3v) is 7.24. The summed E-state index contributed by atoms with van der Waals surface area (Å²) in [5.41, 5.74) is 5.89. The molecule has 35 heavy (non-hydrogen) atoms. The minimum absolute atomic E-state index is 0.0695. The van der Waals surface area contributed by atoms with Crippen molar-refractivity contribution in [2.75, 3.05) is 12.3 Å². The minimum Gasteiger partial charge on any atom is -0.337 e. The van der Waals surface area contributed by atoms with Gasteiger partial charge in [0.1, 0.15) is 11.3 Å². The number of aromatic nitrogens is 4. The Balaban J connectivity index is 1.26. The summed E-state index contributed by atoms with van der Waals surface area (Å²) < 4.78 is 15.5. The molecule has 0 radical (unpaired) electrons. The first-order chi connectivity index (χ1) is 17.2. The standard InChI is InChI=1S/C27H22FN5OS/c28-21-11-9-18(10-12-21)15-33-23-8-4-3-7-22(23)25-26(33)29-27(31-30-25)35-17-24(34)32-14-13-19-5-1-2-6-20(19)16-32/h1-12H,13-17H2. The van der Waals surface area contributed by atoms with E-state index in [4.69, 9.17) is 4.98 Å². The van der Waals surface area contributed by atoms with Crippen molar-refractivity contribution in [2.45, 2.75) is 24.7 Å². The van der Waals surface area contributed by atoms with E-state index in [2.05, 4.69) is 26.9 Å². The number of thioether (sulfide) groups is 1. The Labute approximate surface area is 205 Å². The maximum atomic E-state index is 13.4. The van der Waals surface area contributed by atoms with E-state index >= 15 is 0 Å². The zero-order valence-corrected chi connectivity index (χ0v) is 19.7. The zero-order chi connectivity index (χ0) is 23.8. The van der Waals surface area contributed by atoms with Crippen molar-refractivity contribution in [1.29, 1.82) is 0 Å². The summed E-state index contributed by atoms with van der Waals surface area (Å²) >= 11 is 1.31. The molecule has 0 saturated heterocycles. The van der Waals surface area contributed by atoms with E-state index in [0.717, 1.165) is 29.4 Å². The molecule has 0 aliphatic carbocycles. The molecule has 3 heterocycles. The number of fused-ring (bicyclic) bond motifs is 4. The van der Waals surface area contributed by atoms with Crippen molar-refractivity contribution in [1.82, 2.24) is 24.6 Å². The maximum Gasteiger partial charge on any atom is 0.233 e. The molecule has 0 unspecified atom stereocenters. The Kier molecular flexibility index (Phi) is 5.66. The number of benzene rings is 3. The second-order valence-corrected chi connectivity index (χ2v) is 9.56. The van der Waals surface area contributed by atoms with Crippen LogP contribution in [-0.4, -0.2) is 42.9 Å². The fraction of sp³-hybridized carbons (Fsp3) is 0.185. The molecule has 0 atom stereocenters. The molecule has 0 bridgehead atoms. The highest BCUT2D eigenvalue weighted by molar-refractivity contribution is 7.99. The van der Waals surface area contributed by atoms with Crippen LogP contribution >= 0.6 is 11.8 Å². The lowest BCUT2D eigenvalue weighted by Gasteiger charge is -2.28. The summed E-state index contributed by atoms with van der Waals surface area (Å²) in [6, 6.07) is 22.7. The Morgan fingerprint density at radius 1 is 0.943 bits per heavy atom. The van der Waals surface area contributed by atoms with E-state index in [9.17, 15) is 9.18 Å². The fourth-order valence-corrected chi connectivity index (χ4v) is 5.29. The molecule has 0 saturated carbocycles. The summed E-state index contributed by atoms with van der Waals surface area (Å²) in [5, 5.41) is 10.2. The Hall–Kier alpha value is -3.78. The number of carbonyl (C=O) groups is 1. The van der Waals surface area contributed by atoms with Crippen LogP contribution in [0.4, 0.5) is 4.39 Å². The number of hydrogen-bond acceptors (Lipinski definition) is 5. The quantitative estimate of drug-likeness (QED) is 0.335. The highest BCUT2D eigenvalue weighted by Crippen LogP contribution is 2.28. The first kappa shape index (κ1) is 21.7. The predicted octanol–water partition coefficient (Wildman–Crippen LogP) is 4.84. The van der Waals surface area contributed by atoms with Gasteiger partial charge in [-0.2, -0.15) is 0 Å². The summed E-state index contributed by atoms with van der Waals surface area (Å²) in [5.74, 6) is 0.0636. The monoisotopic (exact) mass is 483 g/mol. The average Bonchev–Trinajstić information content (AvgIpc) is 3.21.